The zero-order valence-corrected chi connectivity index (χ0v) is 16.0. The third kappa shape index (κ3) is 2.96. The Hall–Kier alpha value is -3.44. The number of anilines is 1. The van der Waals surface area contributed by atoms with Gasteiger partial charge in [-0.2, -0.15) is 0 Å². The summed E-state index contributed by atoms with van der Waals surface area (Å²) in [7, 11) is 0. The Kier molecular flexibility index (Phi) is 3.95. The molecule has 0 bridgehead atoms. The normalized spacial score (nSPS) is 11.2. The monoisotopic (exact) mass is 383 g/mol. The molecule has 0 radical (unpaired) electrons. The van der Waals surface area contributed by atoms with Gasteiger partial charge in [0.05, 0.1) is 5.69 Å². The fraction of sp³-hybridized carbons (Fsp3) is 0.0435. The molecule has 0 aliphatic heterocycles. The molecule has 136 valence electrons. The first-order valence-electron chi connectivity index (χ1n) is 9.01. The second-order valence-electron chi connectivity index (χ2n) is 6.75. The maximum Gasteiger partial charge on any atom is 0.255 e. The summed E-state index contributed by atoms with van der Waals surface area (Å²) in [4.78, 5) is 18.4. The van der Waals surface area contributed by atoms with Crippen LogP contribution in [0.3, 0.4) is 0 Å². The number of aryl methyl sites for hydroxylation is 1. The van der Waals surface area contributed by atoms with Crippen molar-refractivity contribution < 1.29 is 4.79 Å². The number of imidazole rings is 1. The second kappa shape index (κ2) is 6.62. The smallest absolute Gasteiger partial charge is 0.255 e. The van der Waals surface area contributed by atoms with Crippen LogP contribution >= 0.6 is 11.3 Å². The Morgan fingerprint density at radius 2 is 1.86 bits per heavy atom. The first kappa shape index (κ1) is 16.7. The Morgan fingerprint density at radius 1 is 1.00 bits per heavy atom. The molecular formula is C23H17N3OS. The maximum atomic E-state index is 12.7. The van der Waals surface area contributed by atoms with Crippen molar-refractivity contribution >= 4 is 38.7 Å². The minimum absolute atomic E-state index is 0.121. The van der Waals surface area contributed by atoms with E-state index < -0.39 is 0 Å². The topological polar surface area (TPSA) is 46.4 Å². The average Bonchev–Trinajstić information content (AvgIpc) is 3.30. The Labute approximate surface area is 166 Å². The highest BCUT2D eigenvalue weighted by atomic mass is 32.1. The van der Waals surface area contributed by atoms with Gasteiger partial charge >= 0.3 is 0 Å². The van der Waals surface area contributed by atoms with E-state index in [1.807, 2.05) is 72.9 Å². The van der Waals surface area contributed by atoms with Gasteiger partial charge < -0.3 is 5.32 Å². The molecule has 1 amide bonds. The lowest BCUT2D eigenvalue weighted by Crippen LogP contribution is -2.11. The van der Waals surface area contributed by atoms with Crippen molar-refractivity contribution in [1.82, 2.24) is 9.38 Å². The minimum atomic E-state index is -0.121. The van der Waals surface area contributed by atoms with Crippen LogP contribution < -0.4 is 5.32 Å². The second-order valence-corrected chi connectivity index (χ2v) is 7.59. The molecule has 0 fully saturated rings. The molecule has 2 aromatic heterocycles. The molecule has 5 heteroatoms. The SMILES string of the molecule is Cc1csc2nc(-c3cccc(NC(=O)c4ccc5ccccc5c4)c3)cn12. The zero-order chi connectivity index (χ0) is 19.1. The van der Waals surface area contributed by atoms with Gasteiger partial charge in [0.1, 0.15) is 0 Å². The third-order valence-electron chi connectivity index (χ3n) is 4.82. The predicted octanol–water partition coefficient (Wildman–Crippen LogP) is 5.78. The zero-order valence-electron chi connectivity index (χ0n) is 15.2. The summed E-state index contributed by atoms with van der Waals surface area (Å²) in [6.45, 7) is 2.06. The van der Waals surface area contributed by atoms with Crippen molar-refractivity contribution in [3.63, 3.8) is 0 Å². The maximum absolute atomic E-state index is 12.7. The number of hydrogen-bond acceptors (Lipinski definition) is 3. The van der Waals surface area contributed by atoms with Crippen LogP contribution in [0.25, 0.3) is 27.0 Å². The molecule has 2 heterocycles. The van der Waals surface area contributed by atoms with Crippen molar-refractivity contribution in [3.05, 3.63) is 89.6 Å². The van der Waals surface area contributed by atoms with Gasteiger partial charge in [0.25, 0.3) is 5.91 Å². The van der Waals surface area contributed by atoms with Gasteiger partial charge in [0, 0.05) is 34.1 Å². The Balaban J connectivity index is 1.43. The van der Waals surface area contributed by atoms with Crippen molar-refractivity contribution in [3.8, 4) is 11.3 Å². The van der Waals surface area contributed by atoms with Crippen LogP contribution in [0.2, 0.25) is 0 Å². The van der Waals surface area contributed by atoms with Crippen LogP contribution in [0.4, 0.5) is 5.69 Å². The highest BCUT2D eigenvalue weighted by Crippen LogP contribution is 2.26. The molecule has 5 aromatic rings. The number of benzene rings is 3. The summed E-state index contributed by atoms with van der Waals surface area (Å²) in [5.41, 5.74) is 4.44. The number of nitrogens with one attached hydrogen (secondary N) is 1. The van der Waals surface area contributed by atoms with Crippen molar-refractivity contribution in [2.75, 3.05) is 5.32 Å². The molecule has 0 saturated heterocycles. The van der Waals surface area contributed by atoms with Crippen LogP contribution in [0.5, 0.6) is 0 Å². The summed E-state index contributed by atoms with van der Waals surface area (Å²) in [5.74, 6) is -0.121. The lowest BCUT2D eigenvalue weighted by Gasteiger charge is -2.08. The molecule has 1 N–H and O–H groups in total. The number of amides is 1. The lowest BCUT2D eigenvalue weighted by molar-refractivity contribution is 0.102. The summed E-state index contributed by atoms with van der Waals surface area (Å²) >= 11 is 1.62. The number of carbonyl (C=O) groups is 1. The van der Waals surface area contributed by atoms with E-state index in [9.17, 15) is 4.79 Å². The highest BCUT2D eigenvalue weighted by molar-refractivity contribution is 7.15. The van der Waals surface area contributed by atoms with E-state index in [1.165, 1.54) is 5.69 Å². The van der Waals surface area contributed by atoms with Gasteiger partial charge in [-0.05, 0) is 42.0 Å². The number of rotatable bonds is 3. The summed E-state index contributed by atoms with van der Waals surface area (Å²) in [6.07, 6.45) is 2.03. The third-order valence-corrected chi connectivity index (χ3v) is 5.77. The fourth-order valence-electron chi connectivity index (χ4n) is 3.32. The van der Waals surface area contributed by atoms with Gasteiger partial charge in [-0.25, -0.2) is 4.98 Å². The number of carbonyl (C=O) groups excluding carboxylic acids is 1. The van der Waals surface area contributed by atoms with Crippen molar-refractivity contribution in [2.45, 2.75) is 6.92 Å². The molecule has 5 rings (SSSR count). The quantitative estimate of drug-likeness (QED) is 0.429. The van der Waals surface area contributed by atoms with E-state index in [0.717, 1.165) is 32.7 Å². The molecule has 3 aromatic carbocycles. The molecular weight excluding hydrogens is 366 g/mol. The van der Waals surface area contributed by atoms with E-state index in [2.05, 4.69) is 27.0 Å². The first-order chi connectivity index (χ1) is 13.7. The van der Waals surface area contributed by atoms with E-state index >= 15 is 0 Å². The van der Waals surface area contributed by atoms with Gasteiger partial charge in [-0.3, -0.25) is 9.20 Å². The summed E-state index contributed by atoms with van der Waals surface area (Å²) in [6, 6.07) is 21.6. The lowest BCUT2D eigenvalue weighted by atomic mass is 10.1. The summed E-state index contributed by atoms with van der Waals surface area (Å²) < 4.78 is 2.08. The molecule has 0 saturated carbocycles. The molecule has 0 unspecified atom stereocenters. The van der Waals surface area contributed by atoms with Gasteiger partial charge in [0.2, 0.25) is 0 Å². The number of thiazole rings is 1. The van der Waals surface area contributed by atoms with Crippen LogP contribution in [0.15, 0.2) is 78.3 Å². The predicted molar refractivity (Wildman–Crippen MR) is 115 cm³/mol. The van der Waals surface area contributed by atoms with Crippen molar-refractivity contribution in [2.24, 2.45) is 0 Å². The largest absolute Gasteiger partial charge is 0.322 e. The molecule has 0 spiro atoms. The highest BCUT2D eigenvalue weighted by Gasteiger charge is 2.10. The average molecular weight is 383 g/mol. The molecule has 0 atom stereocenters. The fourth-order valence-corrected chi connectivity index (χ4v) is 4.17. The van der Waals surface area contributed by atoms with E-state index in [-0.39, 0.29) is 5.91 Å². The molecule has 0 aliphatic rings. The van der Waals surface area contributed by atoms with Gasteiger partial charge in [-0.15, -0.1) is 11.3 Å². The van der Waals surface area contributed by atoms with Crippen LogP contribution in [-0.2, 0) is 0 Å². The minimum Gasteiger partial charge on any atom is -0.322 e. The van der Waals surface area contributed by atoms with E-state index in [0.29, 0.717) is 5.56 Å². The summed E-state index contributed by atoms with van der Waals surface area (Å²) in [5, 5.41) is 7.27. The number of nitrogens with zero attached hydrogens (tertiary/aromatic N) is 2. The van der Waals surface area contributed by atoms with E-state index in [4.69, 9.17) is 0 Å². The number of fused-ring (bicyclic) bond motifs is 2. The standard InChI is InChI=1S/C23H17N3OS/c1-15-14-28-23-25-21(13-26(15)23)18-7-4-8-20(12-18)24-22(27)19-10-9-16-5-2-3-6-17(16)11-19/h2-14H,1H3,(H,24,27). The van der Waals surface area contributed by atoms with Crippen LogP contribution in [0.1, 0.15) is 16.1 Å². The molecule has 4 nitrogen and oxygen atoms in total. The van der Waals surface area contributed by atoms with Crippen LogP contribution in [-0.4, -0.2) is 15.3 Å². The first-order valence-corrected chi connectivity index (χ1v) is 9.89. The number of hydrogen-bond donors (Lipinski definition) is 1. The van der Waals surface area contributed by atoms with Crippen molar-refractivity contribution in [1.29, 1.82) is 0 Å². The number of aromatic nitrogens is 2. The Bertz CT molecular complexity index is 1330. The Morgan fingerprint density at radius 3 is 2.71 bits per heavy atom. The van der Waals surface area contributed by atoms with E-state index in [1.54, 1.807) is 11.3 Å². The van der Waals surface area contributed by atoms with Crippen LogP contribution in [0, 0.1) is 6.92 Å². The van der Waals surface area contributed by atoms with Gasteiger partial charge in [-0.1, -0.05) is 42.5 Å². The molecule has 0 aliphatic carbocycles. The molecule has 28 heavy (non-hydrogen) atoms. The van der Waals surface area contributed by atoms with Gasteiger partial charge in [0.15, 0.2) is 4.96 Å².